The molecule has 14 heteroatoms. The van der Waals surface area contributed by atoms with Gasteiger partial charge in [0.2, 0.25) is 10.0 Å². The molecule has 0 fully saturated rings. The number of para-hydroxylation sites is 1. The normalized spacial score (nSPS) is 12.6. The number of carbonyl (C=O) groups is 3. The summed E-state index contributed by atoms with van der Waals surface area (Å²) in [4.78, 5) is 46.3. The number of ether oxygens (including phenoxy) is 2. The van der Waals surface area contributed by atoms with Gasteiger partial charge in [-0.15, -0.1) is 0 Å². The summed E-state index contributed by atoms with van der Waals surface area (Å²) in [5.74, 6) is -1.25. The molecule has 0 radical (unpaired) electrons. The average molecular weight is 503 g/mol. The van der Waals surface area contributed by atoms with Crippen LogP contribution in [0.2, 0.25) is 0 Å². The topological polar surface area (TPSA) is 174 Å². The van der Waals surface area contributed by atoms with Crippen molar-refractivity contribution in [1.29, 1.82) is 0 Å². The molecule has 1 rings (SSSR count). The molecule has 0 saturated carbocycles. The summed E-state index contributed by atoms with van der Waals surface area (Å²) in [6.45, 7) is 5.39. The molecule has 0 aliphatic carbocycles. The van der Waals surface area contributed by atoms with E-state index >= 15 is 0 Å². The van der Waals surface area contributed by atoms with Crippen LogP contribution in [0.1, 0.15) is 27.7 Å². The molecule has 0 saturated heterocycles. The molecule has 0 aliphatic heterocycles. The number of sulfonamides is 1. The van der Waals surface area contributed by atoms with Crippen LogP contribution in [0.4, 0.5) is 10.5 Å². The largest absolute Gasteiger partial charge is 0.465 e. The molecule has 1 aromatic rings. The minimum Gasteiger partial charge on any atom is -0.465 e. The lowest BCUT2D eigenvalue weighted by atomic mass is 10.2. The van der Waals surface area contributed by atoms with Crippen LogP contribution >= 0.6 is 0 Å². The smallest absolute Gasteiger partial charge is 0.408 e. The number of Topliss-reactive ketones (excluding diaryl/α,β-unsaturated/α-hetero) is 1. The molecule has 0 unspecified atom stereocenters. The highest BCUT2D eigenvalue weighted by atomic mass is 32.2. The van der Waals surface area contributed by atoms with Crippen LogP contribution in [0.3, 0.4) is 0 Å². The first-order valence-electron chi connectivity index (χ1n) is 10.3. The molecule has 1 atom stereocenters. The fourth-order valence-electron chi connectivity index (χ4n) is 2.65. The van der Waals surface area contributed by atoms with E-state index in [1.54, 1.807) is 27.7 Å². The number of nitro benzene ring substituents is 1. The maximum Gasteiger partial charge on any atom is 0.408 e. The van der Waals surface area contributed by atoms with E-state index in [2.05, 4.69) is 10.6 Å². The zero-order chi connectivity index (χ0) is 26.1. The van der Waals surface area contributed by atoms with Gasteiger partial charge >= 0.3 is 12.1 Å². The Hall–Kier alpha value is -3.10. The average Bonchev–Trinajstić information content (AvgIpc) is 2.71. The van der Waals surface area contributed by atoms with E-state index in [0.29, 0.717) is 0 Å². The molecule has 0 heterocycles. The van der Waals surface area contributed by atoms with Crippen molar-refractivity contribution in [2.75, 3.05) is 33.3 Å². The molecule has 190 valence electrons. The first kappa shape index (κ1) is 28.9. The van der Waals surface area contributed by atoms with Crippen LogP contribution in [0.5, 0.6) is 0 Å². The standard InChI is InChI=1S/C20H30N4O9S/c1-6-32-18(26)12-21-11-16(25)14(22-19(27)33-20(2,3)4)13-23(5)34(30,31)17-10-8-7-9-15(17)24(28)29/h7-10,14,21H,6,11-13H2,1-5H3,(H,22,27)/t14-/m0/s1. The van der Waals surface area contributed by atoms with Crippen molar-refractivity contribution in [3.05, 3.63) is 34.4 Å². The Morgan fingerprint density at radius 1 is 1.18 bits per heavy atom. The number of amides is 1. The number of hydrogen-bond acceptors (Lipinski definition) is 10. The van der Waals surface area contributed by atoms with E-state index in [9.17, 15) is 32.9 Å². The van der Waals surface area contributed by atoms with Crippen molar-refractivity contribution in [2.24, 2.45) is 0 Å². The third kappa shape index (κ3) is 9.03. The van der Waals surface area contributed by atoms with Gasteiger partial charge in [-0.25, -0.2) is 13.2 Å². The molecule has 0 bridgehead atoms. The Labute approximate surface area is 198 Å². The molecule has 0 aliphatic rings. The second-order valence-electron chi connectivity index (χ2n) is 8.08. The lowest BCUT2D eigenvalue weighted by Crippen LogP contribution is -2.52. The van der Waals surface area contributed by atoms with Crippen LogP contribution in [0.25, 0.3) is 0 Å². The molecule has 1 amide bonds. The van der Waals surface area contributed by atoms with Crippen molar-refractivity contribution in [2.45, 2.75) is 44.2 Å². The Morgan fingerprint density at radius 2 is 1.79 bits per heavy atom. The Balaban J connectivity index is 3.09. The summed E-state index contributed by atoms with van der Waals surface area (Å²) in [6, 6.07) is 3.38. The number of nitrogens with one attached hydrogen (secondary N) is 2. The van der Waals surface area contributed by atoms with Gasteiger partial charge in [-0.1, -0.05) is 12.1 Å². The van der Waals surface area contributed by atoms with E-state index < -0.39 is 68.1 Å². The number of rotatable bonds is 12. The van der Waals surface area contributed by atoms with Crippen molar-refractivity contribution < 1.29 is 37.2 Å². The minimum absolute atomic E-state index is 0.158. The maximum atomic E-state index is 13.0. The van der Waals surface area contributed by atoms with Gasteiger partial charge < -0.3 is 14.8 Å². The fourth-order valence-corrected chi connectivity index (χ4v) is 3.99. The predicted molar refractivity (Wildman–Crippen MR) is 121 cm³/mol. The minimum atomic E-state index is -4.40. The first-order chi connectivity index (χ1) is 15.7. The van der Waals surface area contributed by atoms with Gasteiger partial charge in [-0.05, 0) is 33.8 Å². The maximum absolute atomic E-state index is 13.0. The zero-order valence-corrected chi connectivity index (χ0v) is 20.5. The third-order valence-corrected chi connectivity index (χ3v) is 6.01. The number of benzene rings is 1. The number of nitro groups is 1. The predicted octanol–water partition coefficient (Wildman–Crippen LogP) is 0.830. The van der Waals surface area contributed by atoms with E-state index in [1.165, 1.54) is 12.1 Å². The van der Waals surface area contributed by atoms with E-state index in [0.717, 1.165) is 23.5 Å². The molecule has 34 heavy (non-hydrogen) atoms. The van der Waals surface area contributed by atoms with Crippen molar-refractivity contribution in [1.82, 2.24) is 14.9 Å². The zero-order valence-electron chi connectivity index (χ0n) is 19.7. The summed E-state index contributed by atoms with van der Waals surface area (Å²) < 4.78 is 36.6. The lowest BCUT2D eigenvalue weighted by molar-refractivity contribution is -0.387. The SMILES string of the molecule is CCOC(=O)CNCC(=O)[C@H](CN(C)S(=O)(=O)c1ccccc1[N+](=O)[O-])NC(=O)OC(C)(C)C. The monoisotopic (exact) mass is 502 g/mol. The van der Waals surface area contributed by atoms with Crippen molar-refractivity contribution >= 4 is 33.6 Å². The van der Waals surface area contributed by atoms with Gasteiger partial charge in [0.15, 0.2) is 10.7 Å². The number of nitrogens with zero attached hydrogens (tertiary/aromatic N) is 2. The second-order valence-corrected chi connectivity index (χ2v) is 10.1. The number of carbonyl (C=O) groups excluding carboxylic acids is 3. The van der Waals surface area contributed by atoms with Crippen LogP contribution in [0, 0.1) is 10.1 Å². The van der Waals surface area contributed by atoms with Crippen LogP contribution in [-0.2, 0) is 29.1 Å². The van der Waals surface area contributed by atoms with E-state index in [-0.39, 0.29) is 13.2 Å². The second kappa shape index (κ2) is 12.4. The molecular weight excluding hydrogens is 472 g/mol. The summed E-state index contributed by atoms with van der Waals surface area (Å²) in [6.07, 6.45) is -0.965. The van der Waals surface area contributed by atoms with Gasteiger partial charge in [0.1, 0.15) is 11.6 Å². The Bertz CT molecular complexity index is 1010. The molecule has 0 spiro atoms. The summed E-state index contributed by atoms with van der Waals surface area (Å²) in [5, 5.41) is 16.2. The molecule has 2 N–H and O–H groups in total. The molecule has 0 aromatic heterocycles. The van der Waals surface area contributed by atoms with Crippen molar-refractivity contribution in [3.63, 3.8) is 0 Å². The fraction of sp³-hybridized carbons (Fsp3) is 0.550. The van der Waals surface area contributed by atoms with Gasteiger partial charge in [0, 0.05) is 19.7 Å². The number of hydrogen-bond donors (Lipinski definition) is 2. The van der Waals surface area contributed by atoms with Gasteiger partial charge in [-0.3, -0.25) is 25.0 Å². The highest BCUT2D eigenvalue weighted by molar-refractivity contribution is 7.89. The highest BCUT2D eigenvalue weighted by Gasteiger charge is 2.33. The number of esters is 1. The van der Waals surface area contributed by atoms with Gasteiger partial charge in [0.05, 0.1) is 24.6 Å². The number of alkyl carbamates (subject to hydrolysis) is 1. The van der Waals surface area contributed by atoms with Crippen LogP contribution < -0.4 is 10.6 Å². The molecule has 1 aromatic carbocycles. The Morgan fingerprint density at radius 3 is 2.35 bits per heavy atom. The van der Waals surface area contributed by atoms with E-state index in [4.69, 9.17) is 9.47 Å². The molecular formula is C20H30N4O9S. The highest BCUT2D eigenvalue weighted by Crippen LogP contribution is 2.25. The number of ketones is 1. The summed E-state index contributed by atoms with van der Waals surface area (Å²) >= 11 is 0. The third-order valence-electron chi connectivity index (χ3n) is 4.14. The Kier molecular flexibility index (Phi) is 10.5. The lowest BCUT2D eigenvalue weighted by Gasteiger charge is -2.26. The van der Waals surface area contributed by atoms with E-state index in [1.807, 2.05) is 0 Å². The summed E-state index contributed by atoms with van der Waals surface area (Å²) in [7, 11) is -3.28. The van der Waals surface area contributed by atoms with Gasteiger partial charge in [0.25, 0.3) is 5.69 Å². The van der Waals surface area contributed by atoms with Crippen LogP contribution in [0.15, 0.2) is 29.2 Å². The molecule has 13 nitrogen and oxygen atoms in total. The van der Waals surface area contributed by atoms with Gasteiger partial charge in [-0.2, -0.15) is 4.31 Å². The van der Waals surface area contributed by atoms with Crippen LogP contribution in [-0.4, -0.2) is 80.4 Å². The quantitative estimate of drug-likeness (QED) is 0.237. The first-order valence-corrected chi connectivity index (χ1v) is 11.7. The summed E-state index contributed by atoms with van der Waals surface area (Å²) in [5.41, 5.74) is -1.52. The number of likely N-dealkylation sites (N-methyl/N-ethyl adjacent to an activating group) is 1. The van der Waals surface area contributed by atoms with Crippen molar-refractivity contribution in [3.8, 4) is 0 Å².